The van der Waals surface area contributed by atoms with Crippen LogP contribution in [-0.2, 0) is 0 Å². The Bertz CT molecular complexity index is 530. The molecule has 0 fully saturated rings. The van der Waals surface area contributed by atoms with Crippen molar-refractivity contribution in [3.05, 3.63) is 57.2 Å². The number of halogens is 3. The van der Waals surface area contributed by atoms with Crippen LogP contribution in [0.1, 0.15) is 24.1 Å². The smallest absolute Gasteiger partial charge is 0.129 e. The van der Waals surface area contributed by atoms with E-state index in [1.54, 1.807) is 18.6 Å². The normalized spacial score (nSPS) is 12.7. The maximum Gasteiger partial charge on any atom is 0.129 e. The van der Waals surface area contributed by atoms with Gasteiger partial charge in [-0.1, -0.05) is 18.5 Å². The molecule has 0 saturated heterocycles. The van der Waals surface area contributed by atoms with Crippen molar-refractivity contribution in [2.24, 2.45) is 0 Å². The third-order valence-corrected chi connectivity index (χ3v) is 3.83. The summed E-state index contributed by atoms with van der Waals surface area (Å²) in [4.78, 5) is 0. The average Bonchev–Trinajstić information content (AvgIpc) is 2.85. The summed E-state index contributed by atoms with van der Waals surface area (Å²) in [5, 5.41) is 3.70. The summed E-state index contributed by atoms with van der Waals surface area (Å²) in [6.07, 6.45) is 3.17. The van der Waals surface area contributed by atoms with E-state index >= 15 is 0 Å². The molecule has 0 aliphatic carbocycles. The Morgan fingerprint density at radius 1 is 1.50 bits per heavy atom. The molecule has 0 saturated carbocycles. The van der Waals surface area contributed by atoms with Gasteiger partial charge in [0.1, 0.15) is 5.82 Å². The molecule has 1 N–H and O–H groups in total. The minimum Gasteiger partial charge on any atom is -0.472 e. The van der Waals surface area contributed by atoms with Gasteiger partial charge in [-0.3, -0.25) is 0 Å². The summed E-state index contributed by atoms with van der Waals surface area (Å²) >= 11 is 9.23. The van der Waals surface area contributed by atoms with Crippen molar-refractivity contribution >= 4 is 27.5 Å². The lowest BCUT2D eigenvalue weighted by atomic mass is 10.0. The van der Waals surface area contributed by atoms with Crippen LogP contribution in [0.25, 0.3) is 0 Å². The fourth-order valence-electron chi connectivity index (χ4n) is 1.81. The van der Waals surface area contributed by atoms with E-state index in [2.05, 4.69) is 21.2 Å². The minimum atomic E-state index is -0.307. The highest BCUT2D eigenvalue weighted by Gasteiger charge is 2.19. The predicted molar refractivity (Wildman–Crippen MR) is 73.3 cm³/mol. The molecular weight excluding hydrogens is 321 g/mol. The van der Waals surface area contributed by atoms with Crippen molar-refractivity contribution < 1.29 is 8.81 Å². The van der Waals surface area contributed by atoms with Crippen LogP contribution in [0, 0.1) is 5.82 Å². The Labute approximate surface area is 118 Å². The van der Waals surface area contributed by atoms with Crippen molar-refractivity contribution in [3.8, 4) is 0 Å². The lowest BCUT2D eigenvalue weighted by Crippen LogP contribution is -2.22. The van der Waals surface area contributed by atoms with Gasteiger partial charge in [-0.25, -0.2) is 4.39 Å². The number of nitrogens with one attached hydrogen (secondary N) is 1. The third-order valence-electron chi connectivity index (χ3n) is 2.64. The maximum atomic E-state index is 14.0. The second-order valence-electron chi connectivity index (χ2n) is 3.84. The Morgan fingerprint density at radius 3 is 2.89 bits per heavy atom. The van der Waals surface area contributed by atoms with E-state index in [-0.39, 0.29) is 11.9 Å². The monoisotopic (exact) mass is 331 g/mol. The molecule has 18 heavy (non-hydrogen) atoms. The van der Waals surface area contributed by atoms with Gasteiger partial charge in [0.15, 0.2) is 0 Å². The fraction of sp³-hybridized carbons (Fsp3) is 0.231. The van der Waals surface area contributed by atoms with Gasteiger partial charge in [0, 0.05) is 15.6 Å². The number of hydrogen-bond donors (Lipinski definition) is 1. The maximum absolute atomic E-state index is 14.0. The summed E-state index contributed by atoms with van der Waals surface area (Å²) in [7, 11) is 0. The van der Waals surface area contributed by atoms with Crippen LogP contribution in [0.4, 0.5) is 4.39 Å². The highest BCUT2D eigenvalue weighted by atomic mass is 79.9. The zero-order valence-corrected chi connectivity index (χ0v) is 12.1. The van der Waals surface area contributed by atoms with E-state index in [0.29, 0.717) is 21.6 Å². The summed E-state index contributed by atoms with van der Waals surface area (Å²) < 4.78 is 19.6. The van der Waals surface area contributed by atoms with Gasteiger partial charge < -0.3 is 9.73 Å². The van der Waals surface area contributed by atoms with Gasteiger partial charge in [-0.05, 0) is 40.7 Å². The largest absolute Gasteiger partial charge is 0.472 e. The molecule has 1 heterocycles. The predicted octanol–water partition coefficient (Wildman–Crippen LogP) is 4.53. The molecule has 1 aromatic carbocycles. The van der Waals surface area contributed by atoms with Gasteiger partial charge in [0.2, 0.25) is 0 Å². The third kappa shape index (κ3) is 2.76. The van der Waals surface area contributed by atoms with Crippen molar-refractivity contribution in [1.82, 2.24) is 5.32 Å². The van der Waals surface area contributed by atoms with E-state index in [4.69, 9.17) is 16.0 Å². The Kier molecular flexibility index (Phi) is 4.43. The standard InChI is InChI=1S/C13H12BrClFNO/c1-2-17-13(8-3-4-18-7-8)9-5-11(15)10(14)6-12(9)16/h3-7,13,17H,2H2,1H3. The molecule has 0 bridgehead atoms. The molecule has 1 unspecified atom stereocenters. The van der Waals surface area contributed by atoms with E-state index in [9.17, 15) is 4.39 Å². The van der Waals surface area contributed by atoms with Crippen LogP contribution in [-0.4, -0.2) is 6.54 Å². The van der Waals surface area contributed by atoms with Crippen LogP contribution in [0.2, 0.25) is 5.02 Å². The number of rotatable bonds is 4. The lowest BCUT2D eigenvalue weighted by molar-refractivity contribution is 0.538. The van der Waals surface area contributed by atoms with Gasteiger partial charge in [-0.15, -0.1) is 0 Å². The van der Waals surface area contributed by atoms with Crippen LogP contribution in [0.5, 0.6) is 0 Å². The van der Waals surface area contributed by atoms with Gasteiger partial charge in [0.25, 0.3) is 0 Å². The van der Waals surface area contributed by atoms with Crippen molar-refractivity contribution in [2.45, 2.75) is 13.0 Å². The molecule has 96 valence electrons. The second kappa shape index (κ2) is 5.87. The van der Waals surface area contributed by atoms with Crippen LogP contribution in [0.3, 0.4) is 0 Å². The number of hydrogen-bond acceptors (Lipinski definition) is 2. The van der Waals surface area contributed by atoms with Gasteiger partial charge in [0.05, 0.1) is 23.6 Å². The van der Waals surface area contributed by atoms with Crippen LogP contribution < -0.4 is 5.32 Å². The number of furan rings is 1. The SMILES string of the molecule is CCNC(c1ccoc1)c1cc(Cl)c(Br)cc1F. The zero-order valence-electron chi connectivity index (χ0n) is 9.71. The molecule has 0 amide bonds. The molecule has 2 rings (SSSR count). The topological polar surface area (TPSA) is 25.2 Å². The first kappa shape index (κ1) is 13.6. The highest BCUT2D eigenvalue weighted by Crippen LogP contribution is 2.31. The minimum absolute atomic E-state index is 0.264. The van der Waals surface area contributed by atoms with Gasteiger partial charge >= 0.3 is 0 Å². The first-order chi connectivity index (χ1) is 8.63. The van der Waals surface area contributed by atoms with Crippen molar-refractivity contribution in [2.75, 3.05) is 6.54 Å². The second-order valence-corrected chi connectivity index (χ2v) is 5.10. The lowest BCUT2D eigenvalue weighted by Gasteiger charge is -2.18. The molecule has 0 spiro atoms. The molecule has 1 aromatic heterocycles. The highest BCUT2D eigenvalue weighted by molar-refractivity contribution is 9.10. The summed E-state index contributed by atoms with van der Waals surface area (Å²) in [5.74, 6) is -0.307. The Morgan fingerprint density at radius 2 is 2.28 bits per heavy atom. The van der Waals surface area contributed by atoms with Crippen molar-refractivity contribution in [1.29, 1.82) is 0 Å². The zero-order chi connectivity index (χ0) is 13.1. The molecular formula is C13H12BrClFNO. The fourth-order valence-corrected chi connectivity index (χ4v) is 2.30. The molecule has 5 heteroatoms. The quantitative estimate of drug-likeness (QED) is 0.832. The summed E-state index contributed by atoms with van der Waals surface area (Å²) in [5.41, 5.74) is 1.38. The molecule has 0 radical (unpaired) electrons. The first-order valence-electron chi connectivity index (χ1n) is 5.53. The number of benzene rings is 1. The summed E-state index contributed by atoms with van der Waals surface area (Å²) in [6.45, 7) is 2.68. The average molecular weight is 333 g/mol. The van der Waals surface area contributed by atoms with Crippen LogP contribution >= 0.6 is 27.5 Å². The Hall–Kier alpha value is -0.840. The van der Waals surface area contributed by atoms with Crippen molar-refractivity contribution in [3.63, 3.8) is 0 Å². The summed E-state index contributed by atoms with van der Waals surface area (Å²) in [6, 6.07) is 4.55. The van der Waals surface area contributed by atoms with Crippen LogP contribution in [0.15, 0.2) is 39.6 Å². The molecule has 2 nitrogen and oxygen atoms in total. The molecule has 1 atom stereocenters. The van der Waals surface area contributed by atoms with E-state index in [0.717, 1.165) is 5.56 Å². The van der Waals surface area contributed by atoms with Gasteiger partial charge in [-0.2, -0.15) is 0 Å². The first-order valence-corrected chi connectivity index (χ1v) is 6.70. The molecule has 0 aliphatic rings. The molecule has 2 aromatic rings. The molecule has 0 aliphatic heterocycles. The Balaban J connectivity index is 2.46. The van der Waals surface area contributed by atoms with E-state index < -0.39 is 0 Å². The van der Waals surface area contributed by atoms with E-state index in [1.165, 1.54) is 6.07 Å². The van der Waals surface area contributed by atoms with E-state index in [1.807, 2.05) is 13.0 Å².